The second-order valence-corrected chi connectivity index (χ2v) is 9.37. The highest BCUT2D eigenvalue weighted by Gasteiger charge is 2.32. The maximum Gasteiger partial charge on any atom is 0.405 e. The highest BCUT2D eigenvalue weighted by atomic mass is 32.2. The number of aromatic nitrogens is 2. The van der Waals surface area contributed by atoms with E-state index in [9.17, 15) is 26.4 Å². The van der Waals surface area contributed by atoms with Gasteiger partial charge < -0.3 is 5.32 Å². The summed E-state index contributed by atoms with van der Waals surface area (Å²) in [5.41, 5.74) is 2.40. The molecule has 0 saturated carbocycles. The topological polar surface area (TPSA) is 95.2 Å². The monoisotopic (exact) mass is 444 g/mol. The van der Waals surface area contributed by atoms with Crippen LogP contribution in [0, 0.1) is 13.8 Å². The van der Waals surface area contributed by atoms with Crippen LogP contribution in [0.15, 0.2) is 29.2 Å². The van der Waals surface area contributed by atoms with Crippen molar-refractivity contribution in [3.63, 3.8) is 0 Å². The molecule has 30 heavy (non-hydrogen) atoms. The molecule has 1 aliphatic rings. The average Bonchev–Trinajstić information content (AvgIpc) is 3.18. The van der Waals surface area contributed by atoms with E-state index in [1.165, 1.54) is 10.4 Å². The van der Waals surface area contributed by atoms with E-state index in [4.69, 9.17) is 0 Å². The predicted molar refractivity (Wildman–Crippen MR) is 104 cm³/mol. The highest BCUT2D eigenvalue weighted by Crippen LogP contribution is 2.30. The van der Waals surface area contributed by atoms with Crippen LogP contribution in [0.4, 0.5) is 13.2 Å². The lowest BCUT2D eigenvalue weighted by molar-refractivity contribution is -0.123. The van der Waals surface area contributed by atoms with E-state index in [2.05, 4.69) is 10.2 Å². The Hall–Kier alpha value is -2.40. The SMILES string of the molecule is Cc1ccc(S(=O)(=O)N2CCC(c3cc(C(=O)NCC(F)(F)F)n[nH]3)CC2)cc1C. The molecule has 2 N–H and O–H groups in total. The van der Waals surface area contributed by atoms with Crippen molar-refractivity contribution < 1.29 is 26.4 Å². The lowest BCUT2D eigenvalue weighted by atomic mass is 9.94. The molecule has 0 aliphatic carbocycles. The fraction of sp³-hybridized carbons (Fsp3) is 0.474. The van der Waals surface area contributed by atoms with Gasteiger partial charge in [0.05, 0.1) is 4.90 Å². The first-order chi connectivity index (χ1) is 14.0. The number of sulfonamides is 1. The van der Waals surface area contributed by atoms with Gasteiger partial charge in [0.15, 0.2) is 0 Å². The van der Waals surface area contributed by atoms with Crippen LogP contribution in [0.1, 0.15) is 46.1 Å². The molecule has 11 heteroatoms. The number of carbonyl (C=O) groups is 1. The summed E-state index contributed by atoms with van der Waals surface area (Å²) >= 11 is 0. The van der Waals surface area contributed by atoms with Gasteiger partial charge in [-0.15, -0.1) is 0 Å². The van der Waals surface area contributed by atoms with Gasteiger partial charge in [0.2, 0.25) is 10.0 Å². The van der Waals surface area contributed by atoms with E-state index in [1.807, 2.05) is 13.8 Å². The minimum atomic E-state index is -4.50. The molecular formula is C19H23F3N4O3S. The molecule has 1 saturated heterocycles. The Balaban J connectivity index is 1.62. The van der Waals surface area contributed by atoms with Crippen molar-refractivity contribution in [3.8, 4) is 0 Å². The van der Waals surface area contributed by atoms with Crippen LogP contribution in [0.25, 0.3) is 0 Å². The second kappa shape index (κ2) is 8.38. The fourth-order valence-corrected chi connectivity index (χ4v) is 4.92. The number of alkyl halides is 3. The molecule has 0 spiro atoms. The summed E-state index contributed by atoms with van der Waals surface area (Å²) in [6.07, 6.45) is -3.48. The third kappa shape index (κ3) is 5.01. The van der Waals surface area contributed by atoms with Crippen LogP contribution in [0.5, 0.6) is 0 Å². The quantitative estimate of drug-likeness (QED) is 0.741. The van der Waals surface area contributed by atoms with Crippen molar-refractivity contribution in [1.82, 2.24) is 19.8 Å². The first-order valence-corrected chi connectivity index (χ1v) is 10.9. The fourth-order valence-electron chi connectivity index (χ4n) is 3.36. The molecule has 1 aromatic carbocycles. The van der Waals surface area contributed by atoms with Crippen molar-refractivity contribution in [2.24, 2.45) is 0 Å². The highest BCUT2D eigenvalue weighted by molar-refractivity contribution is 7.89. The van der Waals surface area contributed by atoms with Gasteiger partial charge >= 0.3 is 6.18 Å². The summed E-state index contributed by atoms with van der Waals surface area (Å²) in [7, 11) is -3.60. The van der Waals surface area contributed by atoms with Crippen LogP contribution >= 0.6 is 0 Å². The number of hydrogen-bond acceptors (Lipinski definition) is 4. The Bertz CT molecular complexity index is 1030. The summed E-state index contributed by atoms with van der Waals surface area (Å²) in [4.78, 5) is 12.1. The number of H-pyrrole nitrogens is 1. The Morgan fingerprint density at radius 1 is 1.20 bits per heavy atom. The summed E-state index contributed by atoms with van der Waals surface area (Å²) in [6, 6.07) is 6.47. The molecule has 1 aliphatic heterocycles. The molecule has 2 aromatic rings. The minimum absolute atomic E-state index is 0.0622. The summed E-state index contributed by atoms with van der Waals surface area (Å²) in [5.74, 6) is -0.975. The van der Waals surface area contributed by atoms with Crippen LogP contribution in [0.3, 0.4) is 0 Å². The molecule has 0 radical (unpaired) electrons. The third-order valence-corrected chi connectivity index (χ3v) is 7.18. The standard InChI is InChI=1S/C19H23F3N4O3S/c1-12-3-4-15(9-13(12)2)30(28,29)26-7-5-14(6-8-26)16-10-17(25-24-16)18(27)23-11-19(20,21)22/h3-4,9-10,14H,5-8,11H2,1-2H3,(H,23,27)(H,24,25). The van der Waals surface area contributed by atoms with Crippen LogP contribution < -0.4 is 5.32 Å². The number of halogens is 3. The largest absolute Gasteiger partial charge is 0.405 e. The number of rotatable bonds is 5. The zero-order valence-corrected chi connectivity index (χ0v) is 17.4. The van der Waals surface area contributed by atoms with E-state index in [-0.39, 0.29) is 16.5 Å². The number of nitrogens with zero attached hydrogens (tertiary/aromatic N) is 2. The maximum absolute atomic E-state index is 12.9. The predicted octanol–water partition coefficient (Wildman–Crippen LogP) is 2.89. The molecular weight excluding hydrogens is 421 g/mol. The Kier molecular flexibility index (Phi) is 6.23. The van der Waals surface area contributed by atoms with Crippen molar-refractivity contribution >= 4 is 15.9 Å². The number of aryl methyl sites for hydroxylation is 2. The molecule has 1 fully saturated rings. The van der Waals surface area contributed by atoms with Gasteiger partial charge in [-0.25, -0.2) is 8.42 Å². The van der Waals surface area contributed by atoms with Crippen molar-refractivity contribution in [2.75, 3.05) is 19.6 Å². The lowest BCUT2D eigenvalue weighted by Crippen LogP contribution is -2.38. The molecule has 164 valence electrons. The number of benzene rings is 1. The second-order valence-electron chi connectivity index (χ2n) is 7.43. The smallest absolute Gasteiger partial charge is 0.342 e. The van der Waals surface area contributed by atoms with Gasteiger partial charge in [-0.2, -0.15) is 22.6 Å². The number of amides is 1. The van der Waals surface area contributed by atoms with Gasteiger partial charge in [0, 0.05) is 24.7 Å². The van der Waals surface area contributed by atoms with Gasteiger partial charge in [-0.05, 0) is 56.0 Å². The van der Waals surface area contributed by atoms with Crippen molar-refractivity contribution in [2.45, 2.75) is 43.7 Å². The number of hydrogen-bond donors (Lipinski definition) is 2. The third-order valence-electron chi connectivity index (χ3n) is 5.29. The van der Waals surface area contributed by atoms with Gasteiger partial charge in [-0.3, -0.25) is 9.89 Å². The van der Waals surface area contributed by atoms with Gasteiger partial charge in [-0.1, -0.05) is 6.07 Å². The number of carbonyl (C=O) groups excluding carboxylic acids is 1. The van der Waals surface area contributed by atoms with Crippen LogP contribution in [-0.2, 0) is 10.0 Å². The Morgan fingerprint density at radius 2 is 1.87 bits per heavy atom. The number of nitrogens with one attached hydrogen (secondary N) is 2. The number of aromatic amines is 1. The van der Waals surface area contributed by atoms with E-state index in [0.717, 1.165) is 11.1 Å². The normalized spacial score (nSPS) is 16.6. The van der Waals surface area contributed by atoms with E-state index in [0.29, 0.717) is 31.6 Å². The minimum Gasteiger partial charge on any atom is -0.342 e. The molecule has 7 nitrogen and oxygen atoms in total. The molecule has 3 rings (SSSR count). The van der Waals surface area contributed by atoms with Crippen LogP contribution in [0.2, 0.25) is 0 Å². The maximum atomic E-state index is 12.9. The van der Waals surface area contributed by atoms with E-state index >= 15 is 0 Å². The summed E-state index contributed by atoms with van der Waals surface area (Å²) in [6.45, 7) is 2.95. The molecule has 1 amide bonds. The zero-order chi connectivity index (χ0) is 22.1. The van der Waals surface area contributed by atoms with Crippen LogP contribution in [-0.4, -0.2) is 54.6 Å². The molecule has 0 atom stereocenters. The number of piperidine rings is 1. The Labute approximate surface area is 172 Å². The van der Waals surface area contributed by atoms with E-state index < -0.39 is 28.7 Å². The summed E-state index contributed by atoms with van der Waals surface area (Å²) < 4.78 is 63.9. The van der Waals surface area contributed by atoms with Crippen molar-refractivity contribution in [3.05, 3.63) is 46.8 Å². The molecule has 1 aromatic heterocycles. The summed E-state index contributed by atoms with van der Waals surface area (Å²) in [5, 5.41) is 8.26. The average molecular weight is 444 g/mol. The van der Waals surface area contributed by atoms with Crippen molar-refractivity contribution in [1.29, 1.82) is 0 Å². The lowest BCUT2D eigenvalue weighted by Gasteiger charge is -2.30. The van der Waals surface area contributed by atoms with E-state index in [1.54, 1.807) is 23.5 Å². The zero-order valence-electron chi connectivity index (χ0n) is 16.6. The molecule has 2 heterocycles. The molecule has 0 unspecified atom stereocenters. The van der Waals surface area contributed by atoms with Gasteiger partial charge in [0.1, 0.15) is 12.2 Å². The molecule has 0 bridgehead atoms. The van der Waals surface area contributed by atoms with Gasteiger partial charge in [0.25, 0.3) is 5.91 Å². The first-order valence-electron chi connectivity index (χ1n) is 9.45. The first kappa shape index (κ1) is 22.3. The Morgan fingerprint density at radius 3 is 2.47 bits per heavy atom.